The van der Waals surface area contributed by atoms with E-state index >= 15 is 0 Å². The Balaban J connectivity index is 1.39. The molecule has 5 rings (SSSR count). The van der Waals surface area contributed by atoms with Crippen LogP contribution in [0.2, 0.25) is 0 Å². The summed E-state index contributed by atoms with van der Waals surface area (Å²) in [5.41, 5.74) is 1.95. The normalized spacial score (nSPS) is 17.5. The summed E-state index contributed by atoms with van der Waals surface area (Å²) in [4.78, 5) is 6.77. The Bertz CT molecular complexity index is 1090. The fourth-order valence-electron chi connectivity index (χ4n) is 3.97. The van der Waals surface area contributed by atoms with E-state index in [1.54, 1.807) is 10.7 Å². The number of benzene rings is 1. The number of rotatable bonds is 3. The first-order valence-corrected chi connectivity index (χ1v) is 9.75. The molecule has 2 aliphatic heterocycles. The number of hydrogen-bond acceptors (Lipinski definition) is 5. The summed E-state index contributed by atoms with van der Waals surface area (Å²) < 4.78 is 60.1. The molecule has 30 heavy (non-hydrogen) atoms. The topological polar surface area (TPSA) is 54.7 Å². The van der Waals surface area contributed by atoms with Crippen molar-refractivity contribution in [1.82, 2.24) is 19.9 Å². The SMILES string of the molecule is Fc1ccc(C(F)(F)F)cc1OC1CN(c2c3c(nc4ccnn24)CCNCC3)C1. The van der Waals surface area contributed by atoms with Gasteiger partial charge in [-0.05, 0) is 31.2 Å². The predicted octanol–water partition coefficient (Wildman–Crippen LogP) is 2.84. The minimum Gasteiger partial charge on any atom is -0.484 e. The van der Waals surface area contributed by atoms with Gasteiger partial charge in [-0.3, -0.25) is 0 Å². The van der Waals surface area contributed by atoms with Crippen molar-refractivity contribution in [2.24, 2.45) is 0 Å². The number of nitrogens with one attached hydrogen (secondary N) is 1. The van der Waals surface area contributed by atoms with Crippen molar-refractivity contribution in [3.05, 3.63) is 53.1 Å². The van der Waals surface area contributed by atoms with E-state index < -0.39 is 23.7 Å². The molecule has 158 valence electrons. The lowest BCUT2D eigenvalue weighted by molar-refractivity contribution is -0.137. The Morgan fingerprint density at radius 1 is 1.10 bits per heavy atom. The quantitative estimate of drug-likeness (QED) is 0.660. The first-order chi connectivity index (χ1) is 14.4. The average molecular weight is 421 g/mol. The number of hydrogen-bond donors (Lipinski definition) is 1. The van der Waals surface area contributed by atoms with Crippen molar-refractivity contribution >= 4 is 11.5 Å². The van der Waals surface area contributed by atoms with Crippen molar-refractivity contribution in [2.45, 2.75) is 25.1 Å². The summed E-state index contributed by atoms with van der Waals surface area (Å²) in [6.07, 6.45) is -1.66. The third kappa shape index (κ3) is 3.34. The van der Waals surface area contributed by atoms with Gasteiger partial charge in [0.25, 0.3) is 0 Å². The molecule has 0 amide bonds. The molecule has 3 aromatic rings. The van der Waals surface area contributed by atoms with Crippen LogP contribution in [-0.4, -0.2) is 46.9 Å². The standard InChI is InChI=1S/C20H19F4N5O/c21-15-2-1-12(20(22,23)24)9-17(15)30-13-10-28(11-13)19-14-3-6-25-7-4-16(14)27-18-5-8-26-29(18)19/h1-2,5,8-9,13,25H,3-4,6-7,10-11H2. The van der Waals surface area contributed by atoms with Gasteiger partial charge in [0.2, 0.25) is 0 Å². The average Bonchev–Trinajstić information content (AvgIpc) is 3.00. The van der Waals surface area contributed by atoms with E-state index in [0.717, 1.165) is 54.7 Å². The predicted molar refractivity (Wildman–Crippen MR) is 101 cm³/mol. The Hall–Kier alpha value is -2.88. The Morgan fingerprint density at radius 3 is 2.70 bits per heavy atom. The van der Waals surface area contributed by atoms with Crippen molar-refractivity contribution in [1.29, 1.82) is 0 Å². The van der Waals surface area contributed by atoms with Crippen LogP contribution in [0.25, 0.3) is 5.65 Å². The van der Waals surface area contributed by atoms with E-state index in [4.69, 9.17) is 9.72 Å². The van der Waals surface area contributed by atoms with Crippen LogP contribution in [0.4, 0.5) is 23.4 Å². The van der Waals surface area contributed by atoms with E-state index in [9.17, 15) is 17.6 Å². The van der Waals surface area contributed by atoms with E-state index in [1.807, 2.05) is 6.07 Å². The Labute approximate surface area is 169 Å². The summed E-state index contributed by atoms with van der Waals surface area (Å²) in [6.45, 7) is 2.53. The van der Waals surface area contributed by atoms with E-state index in [1.165, 1.54) is 0 Å². The van der Waals surface area contributed by atoms with E-state index in [0.29, 0.717) is 25.2 Å². The fraction of sp³-hybridized carbons (Fsp3) is 0.400. The van der Waals surface area contributed by atoms with Crippen LogP contribution in [0.1, 0.15) is 16.8 Å². The highest BCUT2D eigenvalue weighted by Crippen LogP contribution is 2.35. The number of anilines is 1. The molecule has 0 spiro atoms. The number of alkyl halides is 3. The molecule has 1 N–H and O–H groups in total. The first kappa shape index (κ1) is 19.1. The Kier molecular flexibility index (Phi) is 4.53. The molecule has 6 nitrogen and oxygen atoms in total. The molecule has 0 bridgehead atoms. The van der Waals surface area contributed by atoms with Crippen molar-refractivity contribution in [3.63, 3.8) is 0 Å². The molecular weight excluding hydrogens is 402 g/mol. The largest absolute Gasteiger partial charge is 0.484 e. The van der Waals surface area contributed by atoms with E-state index in [2.05, 4.69) is 15.3 Å². The maximum atomic E-state index is 14.0. The zero-order valence-electron chi connectivity index (χ0n) is 15.9. The summed E-state index contributed by atoms with van der Waals surface area (Å²) in [7, 11) is 0. The molecule has 1 aromatic carbocycles. The second-order valence-electron chi connectivity index (χ2n) is 7.50. The first-order valence-electron chi connectivity index (χ1n) is 9.75. The number of nitrogens with zero attached hydrogens (tertiary/aromatic N) is 4. The fourth-order valence-corrected chi connectivity index (χ4v) is 3.97. The number of fused-ring (bicyclic) bond motifs is 2. The van der Waals surface area contributed by atoms with Crippen molar-refractivity contribution in [2.75, 3.05) is 31.1 Å². The van der Waals surface area contributed by atoms with Gasteiger partial charge in [-0.25, -0.2) is 9.37 Å². The third-order valence-corrected chi connectivity index (χ3v) is 5.48. The minimum atomic E-state index is -4.55. The van der Waals surface area contributed by atoms with Gasteiger partial charge in [-0.15, -0.1) is 0 Å². The van der Waals surface area contributed by atoms with Crippen LogP contribution in [0, 0.1) is 5.82 Å². The lowest BCUT2D eigenvalue weighted by Gasteiger charge is -2.41. The molecule has 0 aliphatic carbocycles. The Morgan fingerprint density at radius 2 is 1.90 bits per heavy atom. The zero-order valence-corrected chi connectivity index (χ0v) is 15.9. The molecule has 0 radical (unpaired) electrons. The monoisotopic (exact) mass is 421 g/mol. The lowest BCUT2D eigenvalue weighted by Crippen LogP contribution is -2.55. The summed E-state index contributed by atoms with van der Waals surface area (Å²) in [6, 6.07) is 4.06. The zero-order chi connectivity index (χ0) is 20.9. The van der Waals surface area contributed by atoms with Crippen molar-refractivity contribution < 1.29 is 22.3 Å². The number of halogens is 4. The molecule has 4 heterocycles. The minimum absolute atomic E-state index is 0.378. The maximum Gasteiger partial charge on any atom is 0.416 e. The summed E-state index contributed by atoms with van der Waals surface area (Å²) in [5, 5.41) is 7.75. The summed E-state index contributed by atoms with van der Waals surface area (Å²) in [5.74, 6) is -0.260. The molecule has 1 fully saturated rings. The number of aromatic nitrogens is 3. The molecule has 0 unspecified atom stereocenters. The van der Waals surface area contributed by atoms with E-state index in [-0.39, 0.29) is 5.75 Å². The lowest BCUT2D eigenvalue weighted by atomic mass is 10.1. The molecule has 1 saturated heterocycles. The highest BCUT2D eigenvalue weighted by atomic mass is 19.4. The smallest absolute Gasteiger partial charge is 0.416 e. The molecule has 2 aliphatic rings. The molecule has 0 atom stereocenters. The van der Waals surface area contributed by atoms with Crippen molar-refractivity contribution in [3.8, 4) is 5.75 Å². The van der Waals surface area contributed by atoms with Crippen LogP contribution in [-0.2, 0) is 19.0 Å². The van der Waals surface area contributed by atoms with Crippen LogP contribution >= 0.6 is 0 Å². The number of ether oxygens (including phenoxy) is 1. The molecule has 0 saturated carbocycles. The summed E-state index contributed by atoms with van der Waals surface area (Å²) >= 11 is 0. The van der Waals surface area contributed by atoms with Gasteiger partial charge in [0.1, 0.15) is 11.9 Å². The van der Waals surface area contributed by atoms with Gasteiger partial charge in [-0.2, -0.15) is 22.8 Å². The van der Waals surface area contributed by atoms with Gasteiger partial charge in [0.05, 0.1) is 30.5 Å². The highest BCUT2D eigenvalue weighted by Gasteiger charge is 2.35. The van der Waals surface area contributed by atoms with Gasteiger partial charge in [0, 0.05) is 24.6 Å². The van der Waals surface area contributed by atoms with Gasteiger partial charge < -0.3 is 15.0 Å². The van der Waals surface area contributed by atoms with Crippen LogP contribution in [0.5, 0.6) is 5.75 Å². The maximum absolute atomic E-state index is 14.0. The second kappa shape index (κ2) is 7.12. The van der Waals surface area contributed by atoms with Gasteiger partial charge in [-0.1, -0.05) is 0 Å². The highest BCUT2D eigenvalue weighted by molar-refractivity contribution is 5.59. The molecule has 10 heteroatoms. The molecular formula is C20H19F4N5O. The second-order valence-corrected chi connectivity index (χ2v) is 7.50. The third-order valence-electron chi connectivity index (χ3n) is 5.48. The molecule has 2 aromatic heterocycles. The van der Waals surface area contributed by atoms with Gasteiger partial charge in [0.15, 0.2) is 17.2 Å². The van der Waals surface area contributed by atoms with Crippen LogP contribution < -0.4 is 15.0 Å². The van der Waals surface area contributed by atoms with Crippen LogP contribution in [0.3, 0.4) is 0 Å². The van der Waals surface area contributed by atoms with Gasteiger partial charge >= 0.3 is 6.18 Å². The van der Waals surface area contributed by atoms with Crippen LogP contribution in [0.15, 0.2) is 30.5 Å².